The summed E-state index contributed by atoms with van der Waals surface area (Å²) < 4.78 is 5.26. The van der Waals surface area contributed by atoms with Crippen molar-refractivity contribution < 1.29 is 14.3 Å². The van der Waals surface area contributed by atoms with Crippen LogP contribution >= 0.6 is 0 Å². The highest BCUT2D eigenvalue weighted by Crippen LogP contribution is 2.16. The van der Waals surface area contributed by atoms with Gasteiger partial charge in [0.2, 0.25) is 11.8 Å². The van der Waals surface area contributed by atoms with Gasteiger partial charge in [0.15, 0.2) is 0 Å². The van der Waals surface area contributed by atoms with E-state index in [1.165, 1.54) is 0 Å². The number of hydrogen-bond donors (Lipinski definition) is 1. The third-order valence-corrected chi connectivity index (χ3v) is 3.63. The lowest BCUT2D eigenvalue weighted by Crippen LogP contribution is -2.46. The summed E-state index contributed by atoms with van der Waals surface area (Å²) in [5.74, 6) is 0.0277. The zero-order valence-corrected chi connectivity index (χ0v) is 10.9. The molecule has 1 atom stereocenters. The van der Waals surface area contributed by atoms with Crippen molar-refractivity contribution in [3.63, 3.8) is 0 Å². The van der Waals surface area contributed by atoms with E-state index in [1.807, 2.05) is 0 Å². The topological polar surface area (TPSA) is 61.9 Å². The van der Waals surface area contributed by atoms with Gasteiger partial charge in [-0.3, -0.25) is 14.5 Å². The molecule has 0 radical (unpaired) electrons. The summed E-state index contributed by atoms with van der Waals surface area (Å²) in [5, 5.41) is 2.91. The highest BCUT2D eigenvalue weighted by atomic mass is 16.5. The molecule has 0 saturated carbocycles. The van der Waals surface area contributed by atoms with Crippen molar-refractivity contribution in [2.45, 2.75) is 18.9 Å². The first-order valence-electron chi connectivity index (χ1n) is 6.52. The van der Waals surface area contributed by atoms with Crippen LogP contribution in [0.15, 0.2) is 0 Å². The van der Waals surface area contributed by atoms with Gasteiger partial charge in [-0.15, -0.1) is 0 Å². The number of amides is 2. The van der Waals surface area contributed by atoms with E-state index in [9.17, 15) is 9.59 Å². The van der Waals surface area contributed by atoms with Crippen molar-refractivity contribution in [3.8, 4) is 0 Å². The first-order valence-corrected chi connectivity index (χ1v) is 6.52. The lowest BCUT2D eigenvalue weighted by Gasteiger charge is -2.27. The monoisotopic (exact) mass is 255 g/mol. The second kappa shape index (κ2) is 6.15. The Morgan fingerprint density at radius 3 is 2.78 bits per heavy atom. The number of carbonyl (C=O) groups excluding carboxylic acids is 2. The molecule has 0 aromatic heterocycles. The van der Waals surface area contributed by atoms with Crippen LogP contribution in [0.1, 0.15) is 12.8 Å². The van der Waals surface area contributed by atoms with E-state index in [0.29, 0.717) is 19.4 Å². The van der Waals surface area contributed by atoms with Gasteiger partial charge in [-0.25, -0.2) is 0 Å². The molecule has 0 spiro atoms. The van der Waals surface area contributed by atoms with Crippen molar-refractivity contribution in [3.05, 3.63) is 0 Å². The molecule has 102 valence electrons. The standard InChI is InChI=1S/C12H21N3O3/c1-14-10(2-3-11(14)16)12(17)13-4-5-15-6-8-18-9-7-15/h10H,2-9H2,1H3,(H,13,17). The van der Waals surface area contributed by atoms with Crippen molar-refractivity contribution in [1.82, 2.24) is 15.1 Å². The van der Waals surface area contributed by atoms with Crippen LogP contribution in [0.25, 0.3) is 0 Å². The van der Waals surface area contributed by atoms with Crippen LogP contribution in [0.5, 0.6) is 0 Å². The minimum atomic E-state index is -0.276. The zero-order chi connectivity index (χ0) is 13.0. The second-order valence-corrected chi connectivity index (χ2v) is 4.80. The van der Waals surface area contributed by atoms with E-state index < -0.39 is 0 Å². The third-order valence-electron chi connectivity index (χ3n) is 3.63. The fourth-order valence-corrected chi connectivity index (χ4v) is 2.39. The van der Waals surface area contributed by atoms with Gasteiger partial charge in [0.05, 0.1) is 13.2 Å². The summed E-state index contributed by atoms with van der Waals surface area (Å²) in [4.78, 5) is 27.0. The summed E-state index contributed by atoms with van der Waals surface area (Å²) in [6, 6.07) is -0.276. The summed E-state index contributed by atoms with van der Waals surface area (Å²) in [6.45, 7) is 4.88. The molecule has 0 aromatic rings. The number of ether oxygens (including phenoxy) is 1. The van der Waals surface area contributed by atoms with E-state index >= 15 is 0 Å². The van der Waals surface area contributed by atoms with Crippen LogP contribution in [0.3, 0.4) is 0 Å². The molecule has 2 aliphatic heterocycles. The largest absolute Gasteiger partial charge is 0.379 e. The summed E-state index contributed by atoms with van der Waals surface area (Å²) in [7, 11) is 1.70. The van der Waals surface area contributed by atoms with Gasteiger partial charge in [-0.1, -0.05) is 0 Å². The number of carbonyl (C=O) groups is 2. The summed E-state index contributed by atoms with van der Waals surface area (Å²) in [6.07, 6.45) is 1.12. The van der Waals surface area contributed by atoms with E-state index in [0.717, 1.165) is 32.8 Å². The molecule has 0 aliphatic carbocycles. The fraction of sp³-hybridized carbons (Fsp3) is 0.833. The molecule has 2 heterocycles. The van der Waals surface area contributed by atoms with E-state index in [2.05, 4.69) is 10.2 Å². The van der Waals surface area contributed by atoms with Gasteiger partial charge in [0.25, 0.3) is 0 Å². The molecule has 1 unspecified atom stereocenters. The number of rotatable bonds is 4. The number of nitrogens with zero attached hydrogens (tertiary/aromatic N) is 2. The molecule has 1 N–H and O–H groups in total. The Balaban J connectivity index is 1.67. The van der Waals surface area contributed by atoms with Gasteiger partial charge in [-0.05, 0) is 6.42 Å². The van der Waals surface area contributed by atoms with Crippen LogP contribution in [0.2, 0.25) is 0 Å². The molecule has 2 aliphatic rings. The lowest BCUT2D eigenvalue weighted by molar-refractivity contribution is -0.133. The first kappa shape index (κ1) is 13.3. The molecule has 6 heteroatoms. The van der Waals surface area contributed by atoms with Crippen LogP contribution in [0, 0.1) is 0 Å². The molecular formula is C12H21N3O3. The van der Waals surface area contributed by atoms with E-state index in [1.54, 1.807) is 11.9 Å². The van der Waals surface area contributed by atoms with Gasteiger partial charge < -0.3 is 15.0 Å². The van der Waals surface area contributed by atoms with Crippen LogP contribution in [0.4, 0.5) is 0 Å². The molecule has 2 amide bonds. The lowest BCUT2D eigenvalue weighted by atomic mass is 10.2. The van der Waals surface area contributed by atoms with Gasteiger partial charge in [-0.2, -0.15) is 0 Å². The average Bonchev–Trinajstić information content (AvgIpc) is 2.71. The molecule has 0 aromatic carbocycles. The summed E-state index contributed by atoms with van der Waals surface area (Å²) >= 11 is 0. The smallest absolute Gasteiger partial charge is 0.242 e. The number of likely N-dealkylation sites (tertiary alicyclic amines) is 1. The summed E-state index contributed by atoms with van der Waals surface area (Å²) in [5.41, 5.74) is 0. The highest BCUT2D eigenvalue weighted by molar-refractivity contribution is 5.90. The molecule has 6 nitrogen and oxygen atoms in total. The molecule has 18 heavy (non-hydrogen) atoms. The Morgan fingerprint density at radius 1 is 1.44 bits per heavy atom. The minimum Gasteiger partial charge on any atom is -0.379 e. The second-order valence-electron chi connectivity index (χ2n) is 4.80. The van der Waals surface area contributed by atoms with Crippen LogP contribution in [-0.2, 0) is 14.3 Å². The average molecular weight is 255 g/mol. The van der Waals surface area contributed by atoms with Gasteiger partial charge in [0, 0.05) is 39.6 Å². The predicted octanol–water partition coefficient (Wildman–Crippen LogP) is -0.944. The Morgan fingerprint density at radius 2 is 2.17 bits per heavy atom. The third kappa shape index (κ3) is 3.20. The van der Waals surface area contributed by atoms with Crippen LogP contribution < -0.4 is 5.32 Å². The zero-order valence-electron chi connectivity index (χ0n) is 10.9. The minimum absolute atomic E-state index is 0.0309. The number of likely N-dealkylation sites (N-methyl/N-ethyl adjacent to an activating group) is 1. The molecule has 2 rings (SSSR count). The maximum atomic E-state index is 11.9. The van der Waals surface area contributed by atoms with Crippen LogP contribution in [-0.4, -0.2) is 74.1 Å². The van der Waals surface area contributed by atoms with Gasteiger partial charge >= 0.3 is 0 Å². The van der Waals surface area contributed by atoms with E-state index in [4.69, 9.17) is 4.74 Å². The maximum Gasteiger partial charge on any atom is 0.242 e. The Kier molecular flexibility index (Phi) is 4.54. The molecule has 0 bridgehead atoms. The number of nitrogens with one attached hydrogen (secondary N) is 1. The number of hydrogen-bond acceptors (Lipinski definition) is 4. The maximum absolute atomic E-state index is 11.9. The SMILES string of the molecule is CN1C(=O)CCC1C(=O)NCCN1CCOCC1. The van der Waals surface area contributed by atoms with Crippen molar-refractivity contribution in [1.29, 1.82) is 0 Å². The molecule has 2 fully saturated rings. The van der Waals surface area contributed by atoms with Crippen molar-refractivity contribution in [2.75, 3.05) is 46.4 Å². The molecule has 2 saturated heterocycles. The quantitative estimate of drug-likeness (QED) is 0.704. The van der Waals surface area contributed by atoms with Crippen molar-refractivity contribution >= 4 is 11.8 Å². The normalized spacial score (nSPS) is 25.5. The Labute approximate surface area is 107 Å². The Hall–Kier alpha value is -1.14. The fourth-order valence-electron chi connectivity index (χ4n) is 2.39. The first-order chi connectivity index (χ1) is 8.68. The van der Waals surface area contributed by atoms with E-state index in [-0.39, 0.29) is 17.9 Å². The number of morpholine rings is 1. The molecular weight excluding hydrogens is 234 g/mol. The van der Waals surface area contributed by atoms with Gasteiger partial charge in [0.1, 0.15) is 6.04 Å². The predicted molar refractivity (Wildman–Crippen MR) is 66.1 cm³/mol. The highest BCUT2D eigenvalue weighted by Gasteiger charge is 2.32. The Bertz CT molecular complexity index is 316. The van der Waals surface area contributed by atoms with Crippen molar-refractivity contribution in [2.24, 2.45) is 0 Å².